The number of hydrazone groups is 1. The van der Waals surface area contributed by atoms with Crippen LogP contribution in [0.5, 0.6) is 11.5 Å². The van der Waals surface area contributed by atoms with Gasteiger partial charge in [0.25, 0.3) is 0 Å². The summed E-state index contributed by atoms with van der Waals surface area (Å²) in [5.74, 6) is 0.696. The molecule has 0 radical (unpaired) electrons. The van der Waals surface area contributed by atoms with Gasteiger partial charge < -0.3 is 9.47 Å². The van der Waals surface area contributed by atoms with E-state index < -0.39 is 17.6 Å². The van der Waals surface area contributed by atoms with E-state index in [-0.39, 0.29) is 18.8 Å². The van der Waals surface area contributed by atoms with Crippen LogP contribution in [0.4, 0.5) is 13.2 Å². The fraction of sp³-hybridized carbons (Fsp3) is 0.176. The molecule has 1 N–H and O–H groups in total. The summed E-state index contributed by atoms with van der Waals surface area (Å²) >= 11 is 0. The van der Waals surface area contributed by atoms with E-state index in [1.165, 1.54) is 18.3 Å². The van der Waals surface area contributed by atoms with E-state index in [0.29, 0.717) is 17.1 Å². The Bertz CT molecular complexity index is 819. The number of rotatable bonds is 4. The first-order chi connectivity index (χ1) is 11.9. The molecule has 25 heavy (non-hydrogen) atoms. The lowest BCUT2D eigenvalue weighted by Crippen LogP contribution is -2.20. The van der Waals surface area contributed by atoms with Crippen LogP contribution in [0.25, 0.3) is 0 Å². The standard InChI is InChI=1S/C17H13F3N2O3/c18-17(19,20)13-3-1-2-11(6-13)8-16(23)22-21-9-12-4-5-14-15(7-12)25-10-24-14/h1-7,9H,8,10H2,(H,22,23)/b21-9+. The first-order valence-electron chi connectivity index (χ1n) is 7.29. The highest BCUT2D eigenvalue weighted by Crippen LogP contribution is 2.32. The molecule has 130 valence electrons. The third-order valence-corrected chi connectivity index (χ3v) is 3.42. The average Bonchev–Trinajstić information content (AvgIpc) is 3.02. The smallest absolute Gasteiger partial charge is 0.416 e. The molecule has 1 amide bonds. The number of ether oxygens (including phenoxy) is 2. The molecule has 5 nitrogen and oxygen atoms in total. The zero-order chi connectivity index (χ0) is 17.9. The Kier molecular flexibility index (Phi) is 4.60. The van der Waals surface area contributed by atoms with Crippen molar-refractivity contribution in [3.63, 3.8) is 0 Å². The molecule has 0 saturated heterocycles. The van der Waals surface area contributed by atoms with Crippen molar-refractivity contribution in [1.29, 1.82) is 0 Å². The molecule has 3 rings (SSSR count). The van der Waals surface area contributed by atoms with Gasteiger partial charge in [-0.25, -0.2) is 5.43 Å². The maximum Gasteiger partial charge on any atom is 0.416 e. The maximum absolute atomic E-state index is 12.6. The van der Waals surface area contributed by atoms with Crippen molar-refractivity contribution < 1.29 is 27.4 Å². The fourth-order valence-electron chi connectivity index (χ4n) is 2.25. The number of alkyl halides is 3. The molecule has 1 aliphatic heterocycles. The molecule has 0 unspecified atom stereocenters. The van der Waals surface area contributed by atoms with E-state index in [1.54, 1.807) is 18.2 Å². The fourth-order valence-corrected chi connectivity index (χ4v) is 2.25. The molecular weight excluding hydrogens is 337 g/mol. The van der Waals surface area contributed by atoms with Gasteiger partial charge in [0.05, 0.1) is 18.2 Å². The molecular formula is C17H13F3N2O3. The Morgan fingerprint density at radius 1 is 1.16 bits per heavy atom. The summed E-state index contributed by atoms with van der Waals surface area (Å²) < 4.78 is 48.3. The van der Waals surface area contributed by atoms with Gasteiger partial charge in [0.1, 0.15) is 0 Å². The van der Waals surface area contributed by atoms with Crippen LogP contribution >= 0.6 is 0 Å². The predicted octanol–water partition coefficient (Wildman–Crippen LogP) is 3.13. The van der Waals surface area contributed by atoms with Crippen LogP contribution in [0.15, 0.2) is 47.6 Å². The van der Waals surface area contributed by atoms with Gasteiger partial charge in [0.2, 0.25) is 12.7 Å². The van der Waals surface area contributed by atoms with Crippen molar-refractivity contribution in [1.82, 2.24) is 5.43 Å². The normalized spacial score (nSPS) is 13.2. The van der Waals surface area contributed by atoms with Crippen molar-refractivity contribution in [2.45, 2.75) is 12.6 Å². The van der Waals surface area contributed by atoms with Crippen molar-refractivity contribution in [3.8, 4) is 11.5 Å². The van der Waals surface area contributed by atoms with Gasteiger partial charge in [0, 0.05) is 0 Å². The number of nitrogens with one attached hydrogen (secondary N) is 1. The lowest BCUT2D eigenvalue weighted by atomic mass is 10.1. The van der Waals surface area contributed by atoms with Crippen LogP contribution in [0.3, 0.4) is 0 Å². The van der Waals surface area contributed by atoms with Crippen LogP contribution < -0.4 is 14.9 Å². The first kappa shape index (κ1) is 16.8. The van der Waals surface area contributed by atoms with Gasteiger partial charge in [-0.1, -0.05) is 18.2 Å². The van der Waals surface area contributed by atoms with Gasteiger partial charge in [-0.3, -0.25) is 4.79 Å². The summed E-state index contributed by atoms with van der Waals surface area (Å²) in [5, 5.41) is 3.79. The number of halogens is 3. The molecule has 0 aliphatic carbocycles. The zero-order valence-corrected chi connectivity index (χ0v) is 12.8. The summed E-state index contributed by atoms with van der Waals surface area (Å²) in [6.45, 7) is 0.156. The summed E-state index contributed by atoms with van der Waals surface area (Å²) in [6.07, 6.45) is -3.24. The minimum Gasteiger partial charge on any atom is -0.454 e. The molecule has 0 spiro atoms. The van der Waals surface area contributed by atoms with Gasteiger partial charge in [-0.2, -0.15) is 18.3 Å². The molecule has 0 fully saturated rings. The van der Waals surface area contributed by atoms with Crippen LogP contribution in [0.2, 0.25) is 0 Å². The summed E-state index contributed by atoms with van der Waals surface area (Å²) in [4.78, 5) is 11.8. The number of carbonyl (C=O) groups is 1. The van der Waals surface area contributed by atoms with E-state index in [2.05, 4.69) is 10.5 Å². The monoisotopic (exact) mass is 350 g/mol. The second kappa shape index (κ2) is 6.84. The maximum atomic E-state index is 12.6. The molecule has 0 atom stereocenters. The van der Waals surface area contributed by atoms with Gasteiger partial charge in [0.15, 0.2) is 11.5 Å². The summed E-state index contributed by atoms with van der Waals surface area (Å²) in [6, 6.07) is 9.77. The number of hydrogen-bond donors (Lipinski definition) is 1. The predicted molar refractivity (Wildman–Crippen MR) is 83.4 cm³/mol. The van der Waals surface area contributed by atoms with Gasteiger partial charge in [-0.05, 0) is 35.4 Å². The van der Waals surface area contributed by atoms with Crippen LogP contribution in [-0.2, 0) is 17.4 Å². The summed E-state index contributed by atoms with van der Waals surface area (Å²) in [5.41, 5.74) is 2.43. The second-order valence-electron chi connectivity index (χ2n) is 5.28. The molecule has 8 heteroatoms. The molecule has 0 bridgehead atoms. The van der Waals surface area contributed by atoms with Crippen molar-refractivity contribution in [2.75, 3.05) is 6.79 Å². The molecule has 1 heterocycles. The first-order valence-corrected chi connectivity index (χ1v) is 7.29. The number of carbonyl (C=O) groups excluding carboxylic acids is 1. The highest BCUT2D eigenvalue weighted by molar-refractivity contribution is 5.84. The Balaban J connectivity index is 1.58. The highest BCUT2D eigenvalue weighted by atomic mass is 19.4. The van der Waals surface area contributed by atoms with E-state index >= 15 is 0 Å². The average molecular weight is 350 g/mol. The third kappa shape index (κ3) is 4.28. The Hall–Kier alpha value is -3.03. The molecule has 1 aliphatic rings. The number of amides is 1. The largest absolute Gasteiger partial charge is 0.454 e. The SMILES string of the molecule is O=C(Cc1cccc(C(F)(F)F)c1)N/N=C/c1ccc2c(c1)OCO2. The Morgan fingerprint density at radius 3 is 2.76 bits per heavy atom. The zero-order valence-electron chi connectivity index (χ0n) is 12.8. The van der Waals surface area contributed by atoms with Crippen molar-refractivity contribution >= 4 is 12.1 Å². The van der Waals surface area contributed by atoms with Crippen LogP contribution in [-0.4, -0.2) is 18.9 Å². The lowest BCUT2D eigenvalue weighted by molar-refractivity contribution is -0.137. The number of fused-ring (bicyclic) bond motifs is 1. The van der Waals surface area contributed by atoms with E-state index in [1.807, 2.05) is 0 Å². The molecule has 2 aromatic rings. The topological polar surface area (TPSA) is 59.9 Å². The quantitative estimate of drug-likeness (QED) is 0.681. The second-order valence-corrected chi connectivity index (χ2v) is 5.28. The van der Waals surface area contributed by atoms with Gasteiger partial charge >= 0.3 is 6.18 Å². The molecule has 0 aromatic heterocycles. The van der Waals surface area contributed by atoms with E-state index in [0.717, 1.165) is 12.1 Å². The lowest BCUT2D eigenvalue weighted by Gasteiger charge is -2.08. The Labute approximate surface area is 141 Å². The Morgan fingerprint density at radius 2 is 1.96 bits per heavy atom. The number of benzene rings is 2. The van der Waals surface area contributed by atoms with E-state index in [9.17, 15) is 18.0 Å². The minimum atomic E-state index is -4.44. The third-order valence-electron chi connectivity index (χ3n) is 3.42. The van der Waals surface area contributed by atoms with E-state index in [4.69, 9.17) is 9.47 Å². The van der Waals surface area contributed by atoms with Gasteiger partial charge in [-0.15, -0.1) is 0 Å². The minimum absolute atomic E-state index is 0.156. The number of hydrogen-bond acceptors (Lipinski definition) is 4. The van der Waals surface area contributed by atoms with Crippen molar-refractivity contribution in [3.05, 3.63) is 59.2 Å². The highest BCUT2D eigenvalue weighted by Gasteiger charge is 2.30. The molecule has 0 saturated carbocycles. The number of nitrogens with zero attached hydrogens (tertiary/aromatic N) is 1. The van der Waals surface area contributed by atoms with Crippen molar-refractivity contribution in [2.24, 2.45) is 5.10 Å². The van der Waals surface area contributed by atoms with Crippen LogP contribution in [0.1, 0.15) is 16.7 Å². The molecule has 2 aromatic carbocycles. The van der Waals surface area contributed by atoms with Crippen LogP contribution in [0, 0.1) is 0 Å². The summed E-state index contributed by atoms with van der Waals surface area (Å²) in [7, 11) is 0.